The van der Waals surface area contributed by atoms with Crippen molar-refractivity contribution in [3.8, 4) is 6.07 Å². The van der Waals surface area contributed by atoms with E-state index in [4.69, 9.17) is 5.73 Å². The normalized spacial score (nSPS) is 32.9. The minimum Gasteiger partial charge on any atom is -0.319 e. The molecule has 2 heteroatoms. The monoisotopic (exact) mass is 232 g/mol. The summed E-state index contributed by atoms with van der Waals surface area (Å²) in [4.78, 5) is 0. The summed E-state index contributed by atoms with van der Waals surface area (Å²) in [5.41, 5.74) is 7.30. The number of nitrogens with two attached hydrogens (primary N) is 1. The zero-order valence-corrected chi connectivity index (χ0v) is 11.9. The molecule has 0 heterocycles. The lowest BCUT2D eigenvalue weighted by molar-refractivity contribution is 0.136. The van der Waals surface area contributed by atoms with Crippen LogP contribution in [0.25, 0.3) is 0 Å². The number of allylic oxidation sites excluding steroid dienone is 1. The second-order valence-corrected chi connectivity index (χ2v) is 6.99. The van der Waals surface area contributed by atoms with Crippen molar-refractivity contribution < 1.29 is 0 Å². The predicted octanol–water partition coefficient (Wildman–Crippen LogP) is 3.41. The molecular formula is C15H24N2. The molecule has 0 aromatic rings. The molecule has 0 bridgehead atoms. The Balaban J connectivity index is 3.49. The maximum absolute atomic E-state index is 9.37. The fourth-order valence-electron chi connectivity index (χ4n) is 3.40. The second kappa shape index (κ2) is 3.71. The highest BCUT2D eigenvalue weighted by Crippen LogP contribution is 2.53. The smallest absolute Gasteiger partial charge is 0.0948 e. The van der Waals surface area contributed by atoms with Crippen LogP contribution in [0.3, 0.4) is 0 Å². The number of nitrogens with zero attached hydrogens (tertiary/aromatic N) is 1. The molecule has 1 rings (SSSR count). The van der Waals surface area contributed by atoms with E-state index in [-0.39, 0.29) is 16.7 Å². The van der Waals surface area contributed by atoms with Crippen LogP contribution in [0.4, 0.5) is 0 Å². The predicted molar refractivity (Wildman–Crippen MR) is 72.2 cm³/mol. The van der Waals surface area contributed by atoms with Crippen LogP contribution in [-0.4, -0.2) is 5.54 Å². The van der Waals surface area contributed by atoms with E-state index in [0.717, 1.165) is 11.1 Å². The molecule has 2 atom stereocenters. The molecule has 0 saturated carbocycles. The molecule has 1 aliphatic rings. The maximum atomic E-state index is 9.37. The molecule has 17 heavy (non-hydrogen) atoms. The molecule has 0 fully saturated rings. The van der Waals surface area contributed by atoms with Gasteiger partial charge in [0.2, 0.25) is 0 Å². The number of hydrogen-bond donors (Lipinski definition) is 1. The van der Waals surface area contributed by atoms with Gasteiger partial charge in [-0.15, -0.1) is 0 Å². The fraction of sp³-hybridized carbons (Fsp3) is 0.667. The highest BCUT2D eigenvalue weighted by Gasteiger charge is 2.49. The van der Waals surface area contributed by atoms with Crippen LogP contribution in [0.15, 0.2) is 23.8 Å². The molecule has 2 unspecified atom stereocenters. The zero-order valence-electron chi connectivity index (χ0n) is 11.9. The Hall–Kier alpha value is -1.07. The first-order chi connectivity index (χ1) is 7.44. The third-order valence-electron chi connectivity index (χ3n) is 3.91. The molecular weight excluding hydrogens is 208 g/mol. The van der Waals surface area contributed by atoms with Gasteiger partial charge >= 0.3 is 0 Å². The highest BCUT2D eigenvalue weighted by molar-refractivity contribution is 5.45. The lowest BCUT2D eigenvalue weighted by Crippen LogP contribution is -2.51. The van der Waals surface area contributed by atoms with Crippen LogP contribution in [0.1, 0.15) is 41.5 Å². The van der Waals surface area contributed by atoms with E-state index in [2.05, 4.69) is 47.3 Å². The molecule has 0 amide bonds. The fourth-order valence-corrected chi connectivity index (χ4v) is 3.40. The van der Waals surface area contributed by atoms with Crippen LogP contribution in [0.5, 0.6) is 0 Å². The highest BCUT2D eigenvalue weighted by atomic mass is 14.8. The minimum absolute atomic E-state index is 0.0184. The third kappa shape index (κ3) is 2.17. The van der Waals surface area contributed by atoms with Crippen molar-refractivity contribution in [2.45, 2.75) is 47.1 Å². The van der Waals surface area contributed by atoms with Gasteiger partial charge < -0.3 is 5.73 Å². The van der Waals surface area contributed by atoms with Gasteiger partial charge in [-0.1, -0.05) is 41.2 Å². The quantitative estimate of drug-likeness (QED) is 0.651. The standard InChI is InChI=1S/C15H24N2/c1-10-14(5,6)12(13(2,3)4)11(9-16)8-15(10,7)17/h8,12H,1,17H2,2-7H3. The van der Waals surface area contributed by atoms with Crippen molar-refractivity contribution in [3.05, 3.63) is 23.8 Å². The van der Waals surface area contributed by atoms with Crippen molar-refractivity contribution in [1.29, 1.82) is 5.26 Å². The molecule has 0 aliphatic heterocycles. The Kier molecular flexibility index (Phi) is 3.06. The Morgan fingerprint density at radius 1 is 1.35 bits per heavy atom. The van der Waals surface area contributed by atoms with Gasteiger partial charge in [0.25, 0.3) is 0 Å². The average Bonchev–Trinajstić information content (AvgIpc) is 2.10. The van der Waals surface area contributed by atoms with Gasteiger partial charge in [0.15, 0.2) is 0 Å². The summed E-state index contributed by atoms with van der Waals surface area (Å²) in [6, 6.07) is 2.33. The lowest BCUT2D eigenvalue weighted by Gasteiger charge is -2.51. The van der Waals surface area contributed by atoms with E-state index in [0.29, 0.717) is 0 Å². The summed E-state index contributed by atoms with van der Waals surface area (Å²) in [7, 11) is 0. The molecule has 0 aromatic carbocycles. The van der Waals surface area contributed by atoms with Gasteiger partial charge in [-0.2, -0.15) is 5.26 Å². The van der Waals surface area contributed by atoms with Crippen LogP contribution < -0.4 is 5.73 Å². The summed E-state index contributed by atoms with van der Waals surface area (Å²) in [6.45, 7) is 16.9. The van der Waals surface area contributed by atoms with Crippen molar-refractivity contribution in [2.24, 2.45) is 22.5 Å². The molecule has 0 saturated heterocycles. The van der Waals surface area contributed by atoms with Crippen molar-refractivity contribution >= 4 is 0 Å². The number of hydrogen-bond acceptors (Lipinski definition) is 2. The first kappa shape index (κ1) is 14.0. The Labute approximate surface area is 105 Å². The van der Waals surface area contributed by atoms with Crippen LogP contribution in [-0.2, 0) is 0 Å². The first-order valence-electron chi connectivity index (χ1n) is 6.06. The molecule has 0 aromatic heterocycles. The van der Waals surface area contributed by atoms with Crippen molar-refractivity contribution in [3.63, 3.8) is 0 Å². The Bertz CT molecular complexity index is 411. The first-order valence-corrected chi connectivity index (χ1v) is 6.06. The molecule has 1 aliphatic carbocycles. The van der Waals surface area contributed by atoms with Gasteiger partial charge in [0, 0.05) is 11.5 Å². The second-order valence-electron chi connectivity index (χ2n) is 6.99. The van der Waals surface area contributed by atoms with E-state index >= 15 is 0 Å². The van der Waals surface area contributed by atoms with E-state index in [9.17, 15) is 5.26 Å². The SMILES string of the molecule is C=C1C(C)(N)C=C(C#N)C(C(C)(C)C)C1(C)C. The average molecular weight is 232 g/mol. The van der Waals surface area contributed by atoms with E-state index in [1.807, 2.05) is 13.0 Å². The Morgan fingerprint density at radius 2 is 1.82 bits per heavy atom. The van der Waals surface area contributed by atoms with Crippen LogP contribution in [0.2, 0.25) is 0 Å². The summed E-state index contributed by atoms with van der Waals surface area (Å²) in [6.07, 6.45) is 1.89. The summed E-state index contributed by atoms with van der Waals surface area (Å²) in [5, 5.41) is 9.37. The van der Waals surface area contributed by atoms with Gasteiger partial charge in [-0.05, 0) is 29.4 Å². The molecule has 0 spiro atoms. The number of nitriles is 1. The topological polar surface area (TPSA) is 49.8 Å². The van der Waals surface area contributed by atoms with Gasteiger partial charge in [-0.25, -0.2) is 0 Å². The maximum Gasteiger partial charge on any atom is 0.0948 e. The van der Waals surface area contributed by atoms with Gasteiger partial charge in [0.1, 0.15) is 0 Å². The van der Waals surface area contributed by atoms with E-state index in [1.54, 1.807) is 0 Å². The molecule has 94 valence electrons. The van der Waals surface area contributed by atoms with E-state index in [1.165, 1.54) is 0 Å². The third-order valence-corrected chi connectivity index (χ3v) is 3.91. The molecule has 0 radical (unpaired) electrons. The van der Waals surface area contributed by atoms with Crippen LogP contribution >= 0.6 is 0 Å². The van der Waals surface area contributed by atoms with Gasteiger partial charge in [-0.3, -0.25) is 0 Å². The molecule has 2 N–H and O–H groups in total. The van der Waals surface area contributed by atoms with Crippen LogP contribution in [0, 0.1) is 28.1 Å². The summed E-state index contributed by atoms with van der Waals surface area (Å²) in [5.74, 6) is 0.157. The summed E-state index contributed by atoms with van der Waals surface area (Å²) >= 11 is 0. The Morgan fingerprint density at radius 3 is 2.18 bits per heavy atom. The van der Waals surface area contributed by atoms with Crippen molar-refractivity contribution in [2.75, 3.05) is 0 Å². The lowest BCUT2D eigenvalue weighted by atomic mass is 9.54. The van der Waals surface area contributed by atoms with Crippen molar-refractivity contribution in [1.82, 2.24) is 0 Å². The number of rotatable bonds is 0. The summed E-state index contributed by atoms with van der Waals surface area (Å²) < 4.78 is 0. The van der Waals surface area contributed by atoms with Gasteiger partial charge in [0.05, 0.1) is 11.6 Å². The molecule has 2 nitrogen and oxygen atoms in total. The van der Waals surface area contributed by atoms with E-state index < -0.39 is 5.54 Å². The zero-order chi connectivity index (χ0) is 13.6. The largest absolute Gasteiger partial charge is 0.319 e. The minimum atomic E-state index is -0.587.